The average Bonchev–Trinajstić information content (AvgIpc) is 2.40. The molecule has 104 valence electrons. The average molecular weight is 291 g/mol. The van der Waals surface area contributed by atoms with E-state index in [2.05, 4.69) is 10.3 Å². The number of nitrogens with zero attached hydrogens (tertiary/aromatic N) is 2. The fourth-order valence-corrected chi connectivity index (χ4v) is 1.93. The lowest BCUT2D eigenvalue weighted by molar-refractivity contribution is 0.102. The molecule has 0 atom stereocenters. The molecule has 5 nitrogen and oxygen atoms in total. The Morgan fingerprint density at radius 1 is 1.35 bits per heavy atom. The van der Waals surface area contributed by atoms with Crippen molar-refractivity contribution in [3.8, 4) is 0 Å². The molecule has 1 aromatic heterocycles. The van der Waals surface area contributed by atoms with Crippen LogP contribution >= 0.6 is 11.6 Å². The molecule has 2 aromatic rings. The zero-order chi connectivity index (χ0) is 14.7. The number of benzene rings is 1. The second-order valence-electron chi connectivity index (χ2n) is 4.46. The number of anilines is 3. The number of hydrogen-bond acceptors (Lipinski definition) is 4. The van der Waals surface area contributed by atoms with E-state index in [1.165, 1.54) is 0 Å². The number of carbonyl (C=O) groups is 1. The maximum Gasteiger partial charge on any atom is 0.256 e. The van der Waals surface area contributed by atoms with Crippen molar-refractivity contribution >= 4 is 34.7 Å². The molecule has 6 heteroatoms. The molecule has 3 N–H and O–H groups in total. The van der Waals surface area contributed by atoms with Crippen LogP contribution in [0.4, 0.5) is 17.2 Å². The molecule has 0 saturated heterocycles. The molecule has 0 fully saturated rings. The molecule has 1 heterocycles. The summed E-state index contributed by atoms with van der Waals surface area (Å²) < 4.78 is 0. The highest BCUT2D eigenvalue weighted by molar-refractivity contribution is 6.33. The number of nitrogens with one attached hydrogen (secondary N) is 1. The minimum Gasteiger partial charge on any atom is -0.397 e. The topological polar surface area (TPSA) is 71.2 Å². The van der Waals surface area contributed by atoms with E-state index in [9.17, 15) is 4.79 Å². The van der Waals surface area contributed by atoms with E-state index >= 15 is 0 Å². The van der Waals surface area contributed by atoms with Crippen LogP contribution in [0.5, 0.6) is 0 Å². The van der Waals surface area contributed by atoms with Crippen LogP contribution in [0, 0.1) is 0 Å². The van der Waals surface area contributed by atoms with Gasteiger partial charge in [-0.05, 0) is 30.3 Å². The first kappa shape index (κ1) is 14.1. The molecule has 2 rings (SSSR count). The number of carbonyl (C=O) groups excluding carboxylic acids is 1. The quantitative estimate of drug-likeness (QED) is 0.853. The Bertz CT molecular complexity index is 643. The molecule has 0 saturated carbocycles. The van der Waals surface area contributed by atoms with E-state index in [1.54, 1.807) is 36.5 Å². The van der Waals surface area contributed by atoms with Gasteiger partial charge in [-0.3, -0.25) is 4.79 Å². The van der Waals surface area contributed by atoms with Crippen LogP contribution in [0.1, 0.15) is 10.4 Å². The third-order valence-corrected chi connectivity index (χ3v) is 3.07. The number of aromatic nitrogens is 1. The standard InChI is InChI=1S/C14H15ClN4O/c1-19(2)12-6-5-9(8-11(12)16)14(20)18-13-10(15)4-3-7-17-13/h3-8H,16H2,1-2H3,(H,17,18,20). The Balaban J connectivity index is 2.22. The molecule has 0 aliphatic carbocycles. The lowest BCUT2D eigenvalue weighted by Crippen LogP contribution is -2.15. The Hall–Kier alpha value is -2.27. The van der Waals surface area contributed by atoms with E-state index in [1.807, 2.05) is 19.0 Å². The summed E-state index contributed by atoms with van der Waals surface area (Å²) in [6.07, 6.45) is 1.56. The summed E-state index contributed by atoms with van der Waals surface area (Å²) in [5.74, 6) is 0.0250. The second-order valence-corrected chi connectivity index (χ2v) is 4.86. The van der Waals surface area contributed by atoms with Crippen molar-refractivity contribution in [2.45, 2.75) is 0 Å². The van der Waals surface area contributed by atoms with Crippen molar-refractivity contribution in [2.24, 2.45) is 0 Å². The van der Waals surface area contributed by atoms with Crippen molar-refractivity contribution in [3.05, 3.63) is 47.1 Å². The third-order valence-electron chi connectivity index (χ3n) is 2.76. The Morgan fingerprint density at radius 3 is 2.70 bits per heavy atom. The molecule has 0 aliphatic heterocycles. The lowest BCUT2D eigenvalue weighted by Gasteiger charge is -2.15. The predicted molar refractivity (Wildman–Crippen MR) is 82.4 cm³/mol. The van der Waals surface area contributed by atoms with Crippen LogP contribution in [0.15, 0.2) is 36.5 Å². The van der Waals surface area contributed by atoms with Gasteiger partial charge in [-0.15, -0.1) is 0 Å². The Kier molecular flexibility index (Phi) is 4.10. The number of amides is 1. The van der Waals surface area contributed by atoms with E-state index in [0.29, 0.717) is 22.1 Å². The number of pyridine rings is 1. The van der Waals surface area contributed by atoms with Crippen molar-refractivity contribution in [1.82, 2.24) is 4.98 Å². The monoisotopic (exact) mass is 290 g/mol. The molecule has 0 bridgehead atoms. The van der Waals surface area contributed by atoms with Gasteiger partial charge in [0.1, 0.15) is 0 Å². The molecule has 20 heavy (non-hydrogen) atoms. The smallest absolute Gasteiger partial charge is 0.256 e. The van der Waals surface area contributed by atoms with Crippen LogP contribution in [0.3, 0.4) is 0 Å². The number of hydrogen-bond donors (Lipinski definition) is 2. The van der Waals surface area contributed by atoms with Gasteiger partial charge in [-0.1, -0.05) is 11.6 Å². The van der Waals surface area contributed by atoms with Gasteiger partial charge >= 0.3 is 0 Å². The summed E-state index contributed by atoms with van der Waals surface area (Å²) >= 11 is 5.95. The maximum atomic E-state index is 12.1. The first-order valence-electron chi connectivity index (χ1n) is 5.97. The number of nitrogens with two attached hydrogens (primary N) is 1. The van der Waals surface area contributed by atoms with Crippen LogP contribution in [-0.4, -0.2) is 25.0 Å². The SMILES string of the molecule is CN(C)c1ccc(C(=O)Nc2ncccc2Cl)cc1N. The van der Waals surface area contributed by atoms with Gasteiger partial charge in [0, 0.05) is 25.9 Å². The van der Waals surface area contributed by atoms with Crippen LogP contribution in [-0.2, 0) is 0 Å². The van der Waals surface area contributed by atoms with Gasteiger partial charge in [0.25, 0.3) is 5.91 Å². The second kappa shape index (κ2) is 5.79. The zero-order valence-electron chi connectivity index (χ0n) is 11.2. The molecule has 1 amide bonds. The van der Waals surface area contributed by atoms with Crippen LogP contribution in [0.2, 0.25) is 5.02 Å². The normalized spacial score (nSPS) is 10.2. The van der Waals surface area contributed by atoms with Crippen molar-refractivity contribution < 1.29 is 4.79 Å². The van der Waals surface area contributed by atoms with Gasteiger partial charge in [0.2, 0.25) is 0 Å². The minimum atomic E-state index is -0.303. The Morgan fingerprint density at radius 2 is 2.10 bits per heavy atom. The lowest BCUT2D eigenvalue weighted by atomic mass is 10.1. The van der Waals surface area contributed by atoms with Gasteiger partial charge in [0.05, 0.1) is 16.4 Å². The molecule has 0 radical (unpaired) electrons. The van der Waals surface area contributed by atoms with Crippen LogP contribution in [0.25, 0.3) is 0 Å². The summed E-state index contributed by atoms with van der Waals surface area (Å²) in [6, 6.07) is 8.49. The highest BCUT2D eigenvalue weighted by Crippen LogP contribution is 2.23. The van der Waals surface area contributed by atoms with Crippen molar-refractivity contribution in [2.75, 3.05) is 30.0 Å². The number of nitrogen functional groups attached to an aromatic ring is 1. The molecule has 0 unspecified atom stereocenters. The van der Waals surface area contributed by atoms with Gasteiger partial charge in [-0.2, -0.15) is 0 Å². The molecule has 1 aromatic carbocycles. The first-order chi connectivity index (χ1) is 9.49. The minimum absolute atomic E-state index is 0.303. The fourth-order valence-electron chi connectivity index (χ4n) is 1.76. The van der Waals surface area contributed by atoms with Gasteiger partial charge in [-0.25, -0.2) is 4.98 Å². The van der Waals surface area contributed by atoms with Crippen LogP contribution < -0.4 is 16.0 Å². The first-order valence-corrected chi connectivity index (χ1v) is 6.35. The van der Waals surface area contributed by atoms with E-state index in [-0.39, 0.29) is 5.91 Å². The largest absolute Gasteiger partial charge is 0.397 e. The fraction of sp³-hybridized carbons (Fsp3) is 0.143. The maximum absolute atomic E-state index is 12.1. The van der Waals surface area contributed by atoms with Gasteiger partial charge in [0.15, 0.2) is 5.82 Å². The van der Waals surface area contributed by atoms with Gasteiger partial charge < -0.3 is 16.0 Å². The summed E-state index contributed by atoms with van der Waals surface area (Å²) in [7, 11) is 3.78. The molecular weight excluding hydrogens is 276 g/mol. The van der Waals surface area contributed by atoms with Crippen molar-refractivity contribution in [3.63, 3.8) is 0 Å². The molecule has 0 aliphatic rings. The van der Waals surface area contributed by atoms with E-state index in [0.717, 1.165) is 5.69 Å². The highest BCUT2D eigenvalue weighted by atomic mass is 35.5. The zero-order valence-corrected chi connectivity index (χ0v) is 12.0. The van der Waals surface area contributed by atoms with E-state index in [4.69, 9.17) is 17.3 Å². The van der Waals surface area contributed by atoms with E-state index < -0.39 is 0 Å². The summed E-state index contributed by atoms with van der Waals surface area (Å²) in [5.41, 5.74) is 7.77. The summed E-state index contributed by atoms with van der Waals surface area (Å²) in [5, 5.41) is 3.04. The number of halogens is 1. The number of rotatable bonds is 3. The molecular formula is C14H15ClN4O. The van der Waals surface area contributed by atoms with Crippen molar-refractivity contribution in [1.29, 1.82) is 0 Å². The predicted octanol–water partition coefficient (Wildman–Crippen LogP) is 2.64. The molecule has 0 spiro atoms. The highest BCUT2D eigenvalue weighted by Gasteiger charge is 2.11. The third kappa shape index (κ3) is 3.00. The Labute approximate surface area is 122 Å². The summed E-state index contributed by atoms with van der Waals surface area (Å²) in [4.78, 5) is 18.0. The summed E-state index contributed by atoms with van der Waals surface area (Å²) in [6.45, 7) is 0.